The molecule has 1 aliphatic carbocycles. The fraction of sp³-hybridized carbons (Fsp3) is 0.353. The minimum atomic E-state index is -1.68. The molecule has 0 saturated carbocycles. The van der Waals surface area contributed by atoms with Crippen LogP contribution in [0.25, 0.3) is 0 Å². The van der Waals surface area contributed by atoms with Gasteiger partial charge in [-0.25, -0.2) is 0 Å². The van der Waals surface area contributed by atoms with Gasteiger partial charge in [-0.15, -0.1) is 22.2 Å². The van der Waals surface area contributed by atoms with Gasteiger partial charge in [-0.1, -0.05) is 102 Å². The van der Waals surface area contributed by atoms with Crippen LogP contribution in [-0.4, -0.2) is 43.9 Å². The van der Waals surface area contributed by atoms with Crippen molar-refractivity contribution in [1.29, 1.82) is 0 Å². The molecule has 0 aromatic heterocycles. The van der Waals surface area contributed by atoms with Crippen LogP contribution in [0, 0.1) is 45.9 Å². The second-order valence-electron chi connectivity index (χ2n) is 14.5. The molecule has 0 amide bonds. The average Bonchev–Trinajstić information content (AvgIpc) is 2.79. The maximum Gasteiger partial charge on any atom is 0.194 e. The molecule has 0 N–H and O–H groups in total. The summed E-state index contributed by atoms with van der Waals surface area (Å²) in [4.78, 5) is 27.9. The third-order valence-electron chi connectivity index (χ3n) is 5.58. The molecular formula is C34H40O2Si4. The lowest BCUT2D eigenvalue weighted by atomic mass is 9.80. The Hall–Kier alpha value is -3.11. The van der Waals surface area contributed by atoms with E-state index < -0.39 is 32.3 Å². The van der Waals surface area contributed by atoms with Gasteiger partial charge in [-0.3, -0.25) is 9.59 Å². The fourth-order valence-electron chi connectivity index (χ4n) is 3.67. The summed E-state index contributed by atoms with van der Waals surface area (Å²) in [5.74, 6) is 12.9. The summed E-state index contributed by atoms with van der Waals surface area (Å²) in [6.45, 7) is 26.2. The van der Waals surface area contributed by atoms with Gasteiger partial charge >= 0.3 is 0 Å². The lowest BCUT2D eigenvalue weighted by Gasteiger charge is -2.20. The van der Waals surface area contributed by atoms with Crippen molar-refractivity contribution in [3.05, 3.63) is 68.8 Å². The van der Waals surface area contributed by atoms with Crippen LogP contribution in [0.3, 0.4) is 0 Å². The second-order valence-corrected chi connectivity index (χ2v) is 33.5. The molecule has 0 saturated heterocycles. The quantitative estimate of drug-likeness (QED) is 0.202. The van der Waals surface area contributed by atoms with Gasteiger partial charge in [0, 0.05) is 44.5 Å². The highest BCUT2D eigenvalue weighted by atomic mass is 28.3. The highest BCUT2D eigenvalue weighted by Crippen LogP contribution is 2.31. The van der Waals surface area contributed by atoms with Crippen LogP contribution >= 0.6 is 0 Å². The van der Waals surface area contributed by atoms with E-state index in [-0.39, 0.29) is 11.6 Å². The van der Waals surface area contributed by atoms with Gasteiger partial charge in [0.2, 0.25) is 0 Å². The van der Waals surface area contributed by atoms with Crippen LogP contribution in [0.5, 0.6) is 0 Å². The minimum absolute atomic E-state index is 0.175. The summed E-state index contributed by atoms with van der Waals surface area (Å²) in [5.41, 5.74) is 18.1. The third-order valence-corrected chi connectivity index (χ3v) is 9.08. The monoisotopic (exact) mass is 592 g/mol. The normalized spacial score (nSPS) is 12.8. The fourth-order valence-corrected chi connectivity index (χ4v) is 5.71. The topological polar surface area (TPSA) is 34.1 Å². The van der Waals surface area contributed by atoms with E-state index in [4.69, 9.17) is 0 Å². The zero-order valence-corrected chi connectivity index (χ0v) is 30.1. The maximum absolute atomic E-state index is 13.9. The largest absolute Gasteiger partial charge is 0.289 e. The summed E-state index contributed by atoms with van der Waals surface area (Å²) >= 11 is 0. The Labute approximate surface area is 245 Å². The van der Waals surface area contributed by atoms with Crippen LogP contribution in [0.15, 0.2) is 24.3 Å². The molecule has 2 aromatic carbocycles. The van der Waals surface area contributed by atoms with E-state index in [1.807, 2.05) is 0 Å². The third kappa shape index (κ3) is 8.44. The molecule has 0 heterocycles. The first-order valence-corrected chi connectivity index (χ1v) is 27.7. The van der Waals surface area contributed by atoms with Gasteiger partial charge < -0.3 is 0 Å². The summed E-state index contributed by atoms with van der Waals surface area (Å²) in [6, 6.07) is 7.14. The number of hydrogen-bond acceptors (Lipinski definition) is 2. The summed E-state index contributed by atoms with van der Waals surface area (Å²) in [5, 5.41) is 0. The number of hydrogen-bond donors (Lipinski definition) is 0. The molecule has 0 radical (unpaired) electrons. The van der Waals surface area contributed by atoms with Crippen molar-refractivity contribution >= 4 is 43.9 Å². The Kier molecular flexibility index (Phi) is 8.67. The Morgan fingerprint density at radius 3 is 0.700 bits per heavy atom. The van der Waals surface area contributed by atoms with E-state index in [2.05, 4.69) is 124 Å². The van der Waals surface area contributed by atoms with Gasteiger partial charge in [-0.05, 0) is 24.3 Å². The maximum atomic E-state index is 13.9. The molecular weight excluding hydrogens is 553 g/mol. The number of carbonyl (C=O) groups excluding carboxylic acids is 2. The Morgan fingerprint density at radius 1 is 0.375 bits per heavy atom. The molecule has 0 aliphatic heterocycles. The number of rotatable bonds is 0. The molecule has 1 aliphatic rings. The van der Waals surface area contributed by atoms with E-state index >= 15 is 0 Å². The molecule has 6 heteroatoms. The van der Waals surface area contributed by atoms with E-state index in [9.17, 15) is 9.59 Å². The molecule has 204 valence electrons. The van der Waals surface area contributed by atoms with Crippen LogP contribution < -0.4 is 0 Å². The van der Waals surface area contributed by atoms with E-state index in [0.29, 0.717) is 44.5 Å². The number of ketones is 2. The Bertz CT molecular complexity index is 1420. The molecule has 0 unspecified atom stereocenters. The first kappa shape index (κ1) is 31.4. The Balaban J connectivity index is 2.32. The van der Waals surface area contributed by atoms with Crippen molar-refractivity contribution in [3.63, 3.8) is 0 Å². The molecule has 0 atom stereocenters. The van der Waals surface area contributed by atoms with Crippen molar-refractivity contribution < 1.29 is 9.59 Å². The van der Waals surface area contributed by atoms with E-state index in [1.54, 1.807) is 24.3 Å². The highest BCUT2D eigenvalue weighted by Gasteiger charge is 2.32. The zero-order valence-electron chi connectivity index (χ0n) is 26.1. The van der Waals surface area contributed by atoms with Gasteiger partial charge in [-0.2, -0.15) is 0 Å². The van der Waals surface area contributed by atoms with E-state index in [0.717, 1.165) is 0 Å². The van der Waals surface area contributed by atoms with Crippen molar-refractivity contribution in [2.45, 2.75) is 78.6 Å². The van der Waals surface area contributed by atoms with Gasteiger partial charge in [0.05, 0.1) is 0 Å². The first-order chi connectivity index (χ1) is 18.1. The number of benzene rings is 2. The van der Waals surface area contributed by atoms with E-state index in [1.165, 1.54) is 0 Å². The molecule has 3 rings (SSSR count). The van der Waals surface area contributed by atoms with Crippen molar-refractivity contribution in [2.75, 3.05) is 0 Å². The molecule has 2 aromatic rings. The summed E-state index contributed by atoms with van der Waals surface area (Å²) in [6.07, 6.45) is 0. The number of fused-ring (bicyclic) bond motifs is 2. The second kappa shape index (κ2) is 11.0. The van der Waals surface area contributed by atoms with Crippen LogP contribution in [-0.2, 0) is 0 Å². The Morgan fingerprint density at radius 2 is 0.550 bits per heavy atom. The molecule has 0 fully saturated rings. The summed E-state index contributed by atoms with van der Waals surface area (Å²) < 4.78 is 0. The van der Waals surface area contributed by atoms with Crippen molar-refractivity contribution in [1.82, 2.24) is 0 Å². The minimum Gasteiger partial charge on any atom is -0.289 e. The molecule has 0 spiro atoms. The lowest BCUT2D eigenvalue weighted by molar-refractivity contribution is 0.0979. The van der Waals surface area contributed by atoms with Crippen LogP contribution in [0.2, 0.25) is 78.6 Å². The predicted molar refractivity (Wildman–Crippen MR) is 181 cm³/mol. The highest BCUT2D eigenvalue weighted by molar-refractivity contribution is 6.85. The summed E-state index contributed by atoms with van der Waals surface area (Å²) in [7, 11) is -6.72. The first-order valence-electron chi connectivity index (χ1n) is 13.7. The predicted octanol–water partition coefficient (Wildman–Crippen LogP) is 7.38. The van der Waals surface area contributed by atoms with Crippen molar-refractivity contribution in [3.8, 4) is 45.9 Å². The van der Waals surface area contributed by atoms with Crippen LogP contribution in [0.1, 0.15) is 54.1 Å². The lowest BCUT2D eigenvalue weighted by Crippen LogP contribution is -2.23. The van der Waals surface area contributed by atoms with Gasteiger partial charge in [0.25, 0.3) is 0 Å². The molecule has 2 nitrogen and oxygen atoms in total. The SMILES string of the molecule is C[Si](C)(C)C#Cc1cc2c(cc1C#C[Si](C)(C)C)C(=O)c1cc(C#C[Si](C)(C)C)c(C#C[Si](C)(C)C)cc1C2=O. The van der Waals surface area contributed by atoms with Crippen LogP contribution in [0.4, 0.5) is 0 Å². The number of carbonyl (C=O) groups is 2. The van der Waals surface area contributed by atoms with Gasteiger partial charge in [0.1, 0.15) is 32.3 Å². The molecule has 0 bridgehead atoms. The smallest absolute Gasteiger partial charge is 0.194 e. The standard InChI is InChI=1S/C34H40O2Si4/c1-37(2,3)17-13-25-21-29-30(22-26(25)14-18-38(4,5)6)34(36)32-24-28(16-20-40(10,11)12)27(15-19-39(7,8)9)23-31(32)33(29)35/h21-24H,1-12H3. The molecule has 40 heavy (non-hydrogen) atoms. The zero-order chi connectivity index (χ0) is 30.3. The van der Waals surface area contributed by atoms with Gasteiger partial charge in [0.15, 0.2) is 11.6 Å². The van der Waals surface area contributed by atoms with Crippen molar-refractivity contribution in [2.24, 2.45) is 0 Å². The average molecular weight is 593 g/mol.